The Morgan fingerprint density at radius 1 is 1.36 bits per heavy atom. The summed E-state index contributed by atoms with van der Waals surface area (Å²) in [5.74, 6) is 0. The number of rotatable bonds is 0. The largest absolute Gasteiger partial charge is 0.300 e. The van der Waals surface area contributed by atoms with E-state index in [9.17, 15) is 4.39 Å². The summed E-state index contributed by atoms with van der Waals surface area (Å²) < 4.78 is 13.0. The van der Waals surface area contributed by atoms with Crippen LogP contribution in [0.2, 0.25) is 0 Å². The van der Waals surface area contributed by atoms with E-state index in [2.05, 4.69) is 4.90 Å². The van der Waals surface area contributed by atoms with Gasteiger partial charge in [0.15, 0.2) is 0 Å². The average Bonchev–Trinajstić information content (AvgIpc) is 2.34. The van der Waals surface area contributed by atoms with E-state index >= 15 is 0 Å². The van der Waals surface area contributed by atoms with Crippen LogP contribution in [0.25, 0.3) is 0 Å². The predicted molar refractivity (Wildman–Crippen MR) is 41.2 cm³/mol. The molecule has 0 aromatic heterocycles. The molecule has 0 aromatic rings. The fraction of sp³-hybridized carbons (Fsp3) is 1.00. The first-order valence-electron chi connectivity index (χ1n) is 4.68. The van der Waals surface area contributed by atoms with Crippen molar-refractivity contribution in [2.45, 2.75) is 37.9 Å². The second kappa shape index (κ2) is 1.79. The van der Waals surface area contributed by atoms with Crippen molar-refractivity contribution in [2.24, 2.45) is 5.41 Å². The molecule has 3 unspecified atom stereocenters. The fourth-order valence-corrected chi connectivity index (χ4v) is 2.95. The molecule has 1 aliphatic carbocycles. The zero-order valence-corrected chi connectivity index (χ0v) is 6.72. The van der Waals surface area contributed by atoms with Gasteiger partial charge in [-0.15, -0.1) is 0 Å². The Balaban J connectivity index is 1.79. The lowest BCUT2D eigenvalue weighted by molar-refractivity contribution is 0.301. The number of alkyl halides is 1. The maximum Gasteiger partial charge on any atom is 0.108 e. The summed E-state index contributed by atoms with van der Waals surface area (Å²) >= 11 is 0. The SMILES string of the molecule is FC1CC12CC1CCCN1C2. The van der Waals surface area contributed by atoms with E-state index in [0.29, 0.717) is 0 Å². The first-order valence-corrected chi connectivity index (χ1v) is 4.68. The highest BCUT2D eigenvalue weighted by Crippen LogP contribution is 2.58. The van der Waals surface area contributed by atoms with Gasteiger partial charge in [-0.2, -0.15) is 0 Å². The summed E-state index contributed by atoms with van der Waals surface area (Å²) in [4.78, 5) is 2.50. The highest BCUT2D eigenvalue weighted by molar-refractivity contribution is 5.12. The molecule has 3 aliphatic rings. The zero-order chi connectivity index (χ0) is 7.47. The topological polar surface area (TPSA) is 3.24 Å². The second-order valence-electron chi connectivity index (χ2n) is 4.50. The quantitative estimate of drug-likeness (QED) is 0.513. The number of hydrogen-bond donors (Lipinski definition) is 0. The molecule has 0 aromatic carbocycles. The molecular formula is C9H14FN. The first-order chi connectivity index (χ1) is 5.30. The van der Waals surface area contributed by atoms with Crippen LogP contribution < -0.4 is 0 Å². The molecule has 0 radical (unpaired) electrons. The van der Waals surface area contributed by atoms with Crippen LogP contribution in [0.3, 0.4) is 0 Å². The van der Waals surface area contributed by atoms with E-state index in [4.69, 9.17) is 0 Å². The van der Waals surface area contributed by atoms with Crippen LogP contribution in [0.4, 0.5) is 4.39 Å². The third-order valence-corrected chi connectivity index (χ3v) is 3.75. The van der Waals surface area contributed by atoms with Crippen LogP contribution in [0.1, 0.15) is 25.7 Å². The smallest absolute Gasteiger partial charge is 0.108 e. The van der Waals surface area contributed by atoms with Gasteiger partial charge in [0.05, 0.1) is 0 Å². The van der Waals surface area contributed by atoms with Crippen molar-refractivity contribution in [1.29, 1.82) is 0 Å². The van der Waals surface area contributed by atoms with Gasteiger partial charge in [0, 0.05) is 18.0 Å². The average molecular weight is 155 g/mol. The van der Waals surface area contributed by atoms with Crippen LogP contribution in [0.5, 0.6) is 0 Å². The lowest BCUT2D eigenvalue weighted by Gasteiger charge is -2.12. The van der Waals surface area contributed by atoms with E-state index in [1.54, 1.807) is 0 Å². The Hall–Kier alpha value is -0.110. The van der Waals surface area contributed by atoms with Crippen molar-refractivity contribution in [3.63, 3.8) is 0 Å². The van der Waals surface area contributed by atoms with Crippen LogP contribution in [0, 0.1) is 5.41 Å². The van der Waals surface area contributed by atoms with Crippen molar-refractivity contribution in [1.82, 2.24) is 4.90 Å². The molecule has 2 saturated heterocycles. The molecule has 11 heavy (non-hydrogen) atoms. The summed E-state index contributed by atoms with van der Waals surface area (Å²) in [6, 6.07) is 0.760. The highest BCUT2D eigenvalue weighted by Gasteiger charge is 2.61. The summed E-state index contributed by atoms with van der Waals surface area (Å²) in [6.45, 7) is 2.30. The molecule has 1 spiro atoms. The van der Waals surface area contributed by atoms with Gasteiger partial charge in [0.25, 0.3) is 0 Å². The van der Waals surface area contributed by atoms with Crippen LogP contribution in [-0.2, 0) is 0 Å². The molecule has 1 saturated carbocycles. The van der Waals surface area contributed by atoms with Crippen molar-refractivity contribution in [2.75, 3.05) is 13.1 Å². The van der Waals surface area contributed by atoms with E-state index in [-0.39, 0.29) is 5.41 Å². The summed E-state index contributed by atoms with van der Waals surface area (Å²) in [7, 11) is 0. The molecular weight excluding hydrogens is 141 g/mol. The third kappa shape index (κ3) is 0.738. The minimum Gasteiger partial charge on any atom is -0.300 e. The van der Waals surface area contributed by atoms with E-state index in [1.165, 1.54) is 19.4 Å². The molecule has 1 nitrogen and oxygen atoms in total. The second-order valence-corrected chi connectivity index (χ2v) is 4.50. The summed E-state index contributed by atoms with van der Waals surface area (Å²) in [5, 5.41) is 0. The fourth-order valence-electron chi connectivity index (χ4n) is 2.95. The Morgan fingerprint density at radius 2 is 2.18 bits per heavy atom. The predicted octanol–water partition coefficient (Wildman–Crippen LogP) is 1.58. The van der Waals surface area contributed by atoms with E-state index < -0.39 is 6.17 Å². The van der Waals surface area contributed by atoms with Crippen LogP contribution in [-0.4, -0.2) is 30.2 Å². The standard InChI is InChI=1S/C9H14FN/c10-8-5-9(8)4-7-2-1-3-11(7)6-9/h7-8H,1-6H2. The van der Waals surface area contributed by atoms with Gasteiger partial charge < -0.3 is 0 Å². The lowest BCUT2D eigenvalue weighted by Crippen LogP contribution is -2.22. The van der Waals surface area contributed by atoms with Gasteiger partial charge in [0.1, 0.15) is 6.17 Å². The van der Waals surface area contributed by atoms with Crippen molar-refractivity contribution in [3.8, 4) is 0 Å². The number of fused-ring (bicyclic) bond motifs is 1. The molecule has 62 valence electrons. The van der Waals surface area contributed by atoms with Crippen molar-refractivity contribution >= 4 is 0 Å². The zero-order valence-electron chi connectivity index (χ0n) is 6.72. The normalized spacial score (nSPS) is 55.4. The number of nitrogens with zero attached hydrogens (tertiary/aromatic N) is 1. The van der Waals surface area contributed by atoms with Gasteiger partial charge in [0.2, 0.25) is 0 Å². The van der Waals surface area contributed by atoms with Gasteiger partial charge in [-0.25, -0.2) is 4.39 Å². The van der Waals surface area contributed by atoms with Gasteiger partial charge >= 0.3 is 0 Å². The lowest BCUT2D eigenvalue weighted by atomic mass is 10.0. The minimum atomic E-state index is -0.451. The van der Waals surface area contributed by atoms with Crippen LogP contribution in [0.15, 0.2) is 0 Å². The van der Waals surface area contributed by atoms with Gasteiger partial charge in [-0.05, 0) is 32.2 Å². The molecule has 3 fully saturated rings. The molecule has 3 rings (SSSR count). The Labute approximate surface area is 66.6 Å². The number of halogens is 1. The Morgan fingerprint density at radius 3 is 2.82 bits per heavy atom. The van der Waals surface area contributed by atoms with E-state index in [0.717, 1.165) is 25.4 Å². The van der Waals surface area contributed by atoms with Crippen molar-refractivity contribution < 1.29 is 4.39 Å². The summed E-state index contributed by atoms with van der Waals surface area (Å²) in [5.41, 5.74) is 0.158. The highest BCUT2D eigenvalue weighted by atomic mass is 19.1. The number of hydrogen-bond acceptors (Lipinski definition) is 1. The monoisotopic (exact) mass is 155 g/mol. The van der Waals surface area contributed by atoms with Crippen molar-refractivity contribution in [3.05, 3.63) is 0 Å². The minimum absolute atomic E-state index is 0.158. The molecule has 0 N–H and O–H groups in total. The molecule has 2 heteroatoms. The third-order valence-electron chi connectivity index (χ3n) is 3.75. The Bertz CT molecular complexity index is 180. The van der Waals surface area contributed by atoms with E-state index in [1.807, 2.05) is 0 Å². The molecule has 2 aliphatic heterocycles. The molecule has 3 atom stereocenters. The Kier molecular flexibility index (Phi) is 1.04. The first kappa shape index (κ1) is 6.41. The maximum absolute atomic E-state index is 13.0. The van der Waals surface area contributed by atoms with Gasteiger partial charge in [-0.1, -0.05) is 0 Å². The molecule has 0 amide bonds. The summed E-state index contributed by atoms with van der Waals surface area (Å²) in [6.07, 6.45) is 4.24. The molecule has 2 heterocycles. The van der Waals surface area contributed by atoms with Gasteiger partial charge in [-0.3, -0.25) is 4.90 Å². The maximum atomic E-state index is 13.0. The molecule has 0 bridgehead atoms. The van der Waals surface area contributed by atoms with Crippen LogP contribution >= 0.6 is 0 Å².